The summed E-state index contributed by atoms with van der Waals surface area (Å²) in [6.07, 6.45) is 8.50. The zero-order chi connectivity index (χ0) is 50.5. The number of nitrogens with zero attached hydrogens (tertiary/aromatic N) is 4. The van der Waals surface area contributed by atoms with Crippen molar-refractivity contribution in [2.45, 2.75) is 75.1 Å². The van der Waals surface area contributed by atoms with Crippen LogP contribution in [0.25, 0.3) is 11.0 Å². The van der Waals surface area contributed by atoms with Gasteiger partial charge in [0.25, 0.3) is 0 Å². The normalized spacial score (nSPS) is 17.2. The van der Waals surface area contributed by atoms with Gasteiger partial charge in [-0.15, -0.1) is 0 Å². The van der Waals surface area contributed by atoms with Gasteiger partial charge in [0.1, 0.15) is 17.2 Å². The number of rotatable bonds is 30. The van der Waals surface area contributed by atoms with Crippen LogP contribution in [0.15, 0.2) is 67.4 Å². The van der Waals surface area contributed by atoms with Gasteiger partial charge in [-0.25, -0.2) is 9.18 Å². The molecule has 3 aliphatic rings. The lowest BCUT2D eigenvalue weighted by Gasteiger charge is -2.36. The Hall–Kier alpha value is -6.49. The largest absolute Gasteiger partial charge is 0.438 e. The highest BCUT2D eigenvalue weighted by atomic mass is 32.2. The minimum absolute atomic E-state index is 0.0314. The van der Waals surface area contributed by atoms with E-state index in [0.717, 1.165) is 31.4 Å². The van der Waals surface area contributed by atoms with E-state index in [1.54, 1.807) is 53.6 Å². The molecule has 388 valence electrons. The molecule has 5 heterocycles. The second-order valence-corrected chi connectivity index (χ2v) is 18.8. The number of thioether (sulfide) groups is 1. The van der Waals surface area contributed by atoms with Crippen LogP contribution in [0, 0.1) is 5.82 Å². The molecule has 3 saturated heterocycles. The number of amides is 6. The molecule has 7 N–H and O–H groups in total. The number of H-pyrrole nitrogens is 1. The minimum atomic E-state index is -0.441. The summed E-state index contributed by atoms with van der Waals surface area (Å²) < 4.78 is 38.4. The molecule has 7 rings (SSSR count). The molecule has 2 aromatic carbocycles. The number of hydrogen-bond acceptors (Lipinski definition) is 14. The monoisotopic (exact) mass is 1020 g/mol. The number of carbonyl (C=O) groups is 5. The Balaban J connectivity index is 0.668. The fourth-order valence-corrected chi connectivity index (χ4v) is 10.1. The van der Waals surface area contributed by atoms with Crippen LogP contribution in [0.1, 0.15) is 57.8 Å². The van der Waals surface area contributed by atoms with Gasteiger partial charge in [-0.2, -0.15) is 21.7 Å². The van der Waals surface area contributed by atoms with Crippen molar-refractivity contribution in [3.05, 3.63) is 73.2 Å². The molecule has 3 fully saturated rings. The molecule has 72 heavy (non-hydrogen) atoms. The second-order valence-electron chi connectivity index (χ2n) is 17.5. The highest BCUT2D eigenvalue weighted by molar-refractivity contribution is 8.00. The summed E-state index contributed by atoms with van der Waals surface area (Å²) in [6.45, 7) is 9.11. The summed E-state index contributed by atoms with van der Waals surface area (Å²) >= 11 is 1.89. The van der Waals surface area contributed by atoms with Crippen molar-refractivity contribution < 1.29 is 47.3 Å². The summed E-state index contributed by atoms with van der Waals surface area (Å²) in [7, 11) is 0. The Bertz CT molecular complexity index is 2460. The molecule has 4 aromatic rings. The van der Waals surface area contributed by atoms with Gasteiger partial charge in [-0.1, -0.05) is 19.1 Å². The molecule has 3 atom stereocenters. The lowest BCUT2D eigenvalue weighted by atomic mass is 10.0. The molecule has 20 nitrogen and oxygen atoms in total. The van der Waals surface area contributed by atoms with Crippen LogP contribution < -0.4 is 41.5 Å². The smallest absolute Gasteiger partial charge is 0.315 e. The van der Waals surface area contributed by atoms with Gasteiger partial charge in [0.05, 0.1) is 49.6 Å². The predicted octanol–water partition coefficient (Wildman–Crippen LogP) is 5.36. The SMILES string of the molecule is C=CC(=O)Nc1cccc(Oc2nc(Nc3ccc(N4CCN(C(=O)CCCC(=O)NCCCOCCOCCOCCCNC(=O)CCCCC5SC[C@@H]6NC(=O)N[C@H]56)CC4)c(F)c3)nc3[nH]ccc23)c1. The molecule has 22 heteroatoms. The Morgan fingerprint density at radius 1 is 0.806 bits per heavy atom. The molecular weight excluding hydrogens is 950 g/mol. The van der Waals surface area contributed by atoms with Crippen LogP contribution in [-0.4, -0.2) is 152 Å². The number of urea groups is 1. The van der Waals surface area contributed by atoms with Crippen molar-refractivity contribution in [3.63, 3.8) is 0 Å². The molecule has 3 aliphatic heterocycles. The first-order chi connectivity index (χ1) is 35.1. The van der Waals surface area contributed by atoms with Crippen LogP contribution in [0.5, 0.6) is 11.6 Å². The average Bonchev–Trinajstić information content (AvgIpc) is 4.11. The summed E-state index contributed by atoms with van der Waals surface area (Å²) in [5.74, 6) is 0.933. The first-order valence-corrected chi connectivity index (χ1v) is 25.8. The molecule has 0 saturated carbocycles. The number of piperazine rings is 1. The van der Waals surface area contributed by atoms with Crippen LogP contribution in [0.2, 0.25) is 0 Å². The fourth-order valence-electron chi connectivity index (χ4n) is 8.51. The number of unbranched alkanes of at least 4 members (excludes halogenated alkanes) is 1. The first kappa shape index (κ1) is 53.3. The lowest BCUT2D eigenvalue weighted by Crippen LogP contribution is -2.49. The van der Waals surface area contributed by atoms with E-state index in [1.165, 1.54) is 12.1 Å². The van der Waals surface area contributed by atoms with Crippen LogP contribution in [-0.2, 0) is 33.4 Å². The Morgan fingerprint density at radius 2 is 1.53 bits per heavy atom. The summed E-state index contributed by atoms with van der Waals surface area (Å²) in [6, 6.07) is 13.8. The number of anilines is 4. The average molecular weight is 1020 g/mol. The van der Waals surface area contributed by atoms with Gasteiger partial charge >= 0.3 is 6.03 Å². The maximum atomic E-state index is 15.6. The van der Waals surface area contributed by atoms with Gasteiger partial charge in [-0.3, -0.25) is 19.2 Å². The number of benzene rings is 2. The van der Waals surface area contributed by atoms with E-state index in [9.17, 15) is 24.0 Å². The molecule has 1 unspecified atom stereocenters. The standard InChI is InChI=1S/C50H66FN11O9S/c1-2-42(63)55-34-9-5-10-36(31-34)71-48-37-17-20-54-47(37)59-49(60-48)56-35-15-16-40(38(51)32-35)61-21-23-62(24-22-61)45(66)14-6-13-44(65)53-19-8-26-69-28-30-70-29-27-68-25-7-18-52-43(64)12-4-3-11-41-46-39(33-72-41)57-50(67)58-46/h2,5,9-10,15-17,20,31-32,39,41,46H,1,3-4,6-8,11-14,18-19,21-30,33H2,(H,52,64)(H,53,65)(H,55,63)(H2,57,58,67)(H2,54,56,59,60)/t39-,41?,46-/m0/s1. The fraction of sp³-hybridized carbons (Fsp3) is 0.500. The Labute approximate surface area is 422 Å². The Kier molecular flexibility index (Phi) is 20.7. The number of aromatic nitrogens is 3. The third kappa shape index (κ3) is 16.5. The van der Waals surface area contributed by atoms with Gasteiger partial charge in [0, 0.05) is 106 Å². The lowest BCUT2D eigenvalue weighted by molar-refractivity contribution is -0.131. The third-order valence-electron chi connectivity index (χ3n) is 12.3. The van der Waals surface area contributed by atoms with Crippen LogP contribution >= 0.6 is 11.8 Å². The van der Waals surface area contributed by atoms with Crippen molar-refractivity contribution in [1.82, 2.24) is 41.1 Å². The zero-order valence-electron chi connectivity index (χ0n) is 40.5. The van der Waals surface area contributed by atoms with Crippen molar-refractivity contribution in [2.75, 3.05) is 100 Å². The molecule has 0 bridgehead atoms. The van der Waals surface area contributed by atoms with Gasteiger partial charge in [0.15, 0.2) is 0 Å². The number of fused-ring (bicyclic) bond motifs is 2. The molecule has 0 spiro atoms. The predicted molar refractivity (Wildman–Crippen MR) is 273 cm³/mol. The highest BCUT2D eigenvalue weighted by Gasteiger charge is 2.42. The zero-order valence-corrected chi connectivity index (χ0v) is 41.3. The van der Waals surface area contributed by atoms with E-state index in [4.69, 9.17) is 18.9 Å². The topological polar surface area (TPSA) is 242 Å². The minimum Gasteiger partial charge on any atom is -0.438 e. The maximum absolute atomic E-state index is 15.6. The molecule has 0 radical (unpaired) electrons. The molecule has 2 aromatic heterocycles. The maximum Gasteiger partial charge on any atom is 0.315 e. The van der Waals surface area contributed by atoms with Crippen LogP contribution in [0.4, 0.5) is 32.2 Å². The van der Waals surface area contributed by atoms with E-state index in [2.05, 4.69) is 53.4 Å². The number of nitrogens with one attached hydrogen (secondary N) is 7. The van der Waals surface area contributed by atoms with E-state index in [1.807, 2.05) is 16.7 Å². The number of halogens is 1. The van der Waals surface area contributed by atoms with Gasteiger partial charge in [0.2, 0.25) is 35.5 Å². The van der Waals surface area contributed by atoms with Crippen molar-refractivity contribution in [3.8, 4) is 11.6 Å². The van der Waals surface area contributed by atoms with E-state index < -0.39 is 5.82 Å². The third-order valence-corrected chi connectivity index (χ3v) is 13.8. The summed E-state index contributed by atoms with van der Waals surface area (Å²) in [5, 5.41) is 18.6. The van der Waals surface area contributed by atoms with Crippen molar-refractivity contribution in [2.24, 2.45) is 0 Å². The molecule has 6 amide bonds. The Morgan fingerprint density at radius 3 is 2.25 bits per heavy atom. The van der Waals surface area contributed by atoms with Crippen molar-refractivity contribution >= 4 is 75.5 Å². The summed E-state index contributed by atoms with van der Waals surface area (Å²) in [5.41, 5.74) is 1.88. The van der Waals surface area contributed by atoms with E-state index in [-0.39, 0.29) is 66.4 Å². The number of carbonyl (C=O) groups excluding carboxylic acids is 5. The molecule has 0 aliphatic carbocycles. The summed E-state index contributed by atoms with van der Waals surface area (Å²) in [4.78, 5) is 76.6. The van der Waals surface area contributed by atoms with Crippen molar-refractivity contribution in [1.29, 1.82) is 0 Å². The number of ether oxygens (including phenoxy) is 4. The van der Waals surface area contributed by atoms with Gasteiger partial charge < -0.3 is 65.6 Å². The van der Waals surface area contributed by atoms with E-state index >= 15 is 4.39 Å². The number of aromatic amines is 1. The van der Waals surface area contributed by atoms with E-state index in [0.29, 0.717) is 137 Å². The second kappa shape index (κ2) is 27.9. The highest BCUT2D eigenvalue weighted by Crippen LogP contribution is 2.34. The quantitative estimate of drug-likeness (QED) is 0.0198. The molecular formula is C50H66FN11O9S. The van der Waals surface area contributed by atoms with Gasteiger partial charge in [-0.05, 0) is 74.6 Å². The van der Waals surface area contributed by atoms with Crippen LogP contribution in [0.3, 0.4) is 0 Å². The number of hydrogen-bond donors (Lipinski definition) is 7. The first-order valence-electron chi connectivity index (χ1n) is 24.7.